The first-order valence-corrected chi connectivity index (χ1v) is 14.2. The van der Waals surface area contributed by atoms with Crippen LogP contribution in [0.3, 0.4) is 0 Å². The molecule has 5 aromatic rings. The monoisotopic (exact) mass is 608 g/mol. The van der Waals surface area contributed by atoms with Gasteiger partial charge in [0.15, 0.2) is 12.4 Å². The molecule has 12 heteroatoms. The van der Waals surface area contributed by atoms with Crippen LogP contribution < -0.4 is 20.5 Å². The third kappa shape index (κ3) is 6.53. The predicted molar refractivity (Wildman–Crippen MR) is 160 cm³/mol. The average molecular weight is 609 g/mol. The number of ether oxygens (including phenoxy) is 3. The van der Waals surface area contributed by atoms with E-state index in [0.717, 1.165) is 16.5 Å². The van der Waals surface area contributed by atoms with E-state index >= 15 is 0 Å². The highest BCUT2D eigenvalue weighted by molar-refractivity contribution is 7.17. The van der Waals surface area contributed by atoms with Gasteiger partial charge in [0.2, 0.25) is 0 Å². The lowest BCUT2D eigenvalue weighted by Crippen LogP contribution is -2.23. The number of hydrogen-bond donors (Lipinski definition) is 1. The minimum absolute atomic E-state index is 0.0368. The number of halogens is 2. The van der Waals surface area contributed by atoms with Crippen LogP contribution in [-0.2, 0) is 16.1 Å². The van der Waals surface area contributed by atoms with Crippen molar-refractivity contribution in [2.24, 2.45) is 0 Å². The number of fused-ring (bicyclic) bond motifs is 1. The molecular weight excluding hydrogens is 583 g/mol. The molecule has 9 nitrogen and oxygen atoms in total. The van der Waals surface area contributed by atoms with Crippen molar-refractivity contribution in [3.05, 3.63) is 98.8 Å². The minimum atomic E-state index is -0.544. The number of nitrogens with one attached hydrogen (secondary N) is 1. The van der Waals surface area contributed by atoms with Crippen molar-refractivity contribution in [2.45, 2.75) is 33.5 Å². The van der Waals surface area contributed by atoms with E-state index in [2.05, 4.69) is 15.3 Å². The summed E-state index contributed by atoms with van der Waals surface area (Å²) in [6.07, 6.45) is 0.871. The molecule has 0 spiro atoms. The summed E-state index contributed by atoms with van der Waals surface area (Å²) in [5.74, 6) is 0.284. The molecule has 0 fully saturated rings. The zero-order valence-corrected chi connectivity index (χ0v) is 24.5. The Kier molecular flexibility index (Phi) is 8.69. The highest BCUT2D eigenvalue weighted by Gasteiger charge is 2.18. The molecule has 3 aromatic heterocycles. The van der Waals surface area contributed by atoms with Gasteiger partial charge >= 0.3 is 11.7 Å². The van der Waals surface area contributed by atoms with Crippen LogP contribution in [0.2, 0.25) is 5.02 Å². The van der Waals surface area contributed by atoms with Gasteiger partial charge in [-0.1, -0.05) is 17.7 Å². The quantitative estimate of drug-likeness (QED) is 0.177. The van der Waals surface area contributed by atoms with Crippen LogP contribution in [0.15, 0.2) is 71.0 Å². The number of benzene rings is 2. The molecule has 0 bridgehead atoms. The summed E-state index contributed by atoms with van der Waals surface area (Å²) in [7, 11) is 0. The fourth-order valence-corrected chi connectivity index (χ4v) is 5.16. The third-order valence-corrected chi connectivity index (χ3v) is 7.22. The van der Waals surface area contributed by atoms with Crippen LogP contribution in [0.5, 0.6) is 11.5 Å². The molecule has 1 N–H and O–H groups in total. The van der Waals surface area contributed by atoms with Crippen LogP contribution in [0.4, 0.5) is 15.9 Å². The largest absolute Gasteiger partial charge is 0.485 e. The van der Waals surface area contributed by atoms with Gasteiger partial charge in [-0.3, -0.25) is 9.55 Å². The maximum atomic E-state index is 13.5. The van der Waals surface area contributed by atoms with Gasteiger partial charge < -0.3 is 19.5 Å². The van der Waals surface area contributed by atoms with Crippen molar-refractivity contribution in [1.82, 2.24) is 14.5 Å². The molecule has 216 valence electrons. The Labute approximate surface area is 249 Å². The second-order valence-electron chi connectivity index (χ2n) is 9.46. The van der Waals surface area contributed by atoms with E-state index in [1.54, 1.807) is 44.2 Å². The van der Waals surface area contributed by atoms with Crippen molar-refractivity contribution in [2.75, 3.05) is 11.9 Å². The van der Waals surface area contributed by atoms with E-state index in [1.165, 1.54) is 28.0 Å². The maximum Gasteiger partial charge on any atom is 0.354 e. The molecule has 2 aromatic carbocycles. The summed E-state index contributed by atoms with van der Waals surface area (Å²) in [4.78, 5) is 33.8. The zero-order chi connectivity index (χ0) is 29.8. The lowest BCUT2D eigenvalue weighted by molar-refractivity contribution is -0.149. The number of esters is 1. The van der Waals surface area contributed by atoms with Gasteiger partial charge in [-0.25, -0.2) is 14.0 Å². The molecule has 0 aliphatic carbocycles. The van der Waals surface area contributed by atoms with Gasteiger partial charge in [-0.2, -0.15) is 4.98 Å². The first-order valence-electron chi connectivity index (χ1n) is 12.9. The third-order valence-electron chi connectivity index (χ3n) is 6.08. The molecule has 0 unspecified atom stereocenters. The van der Waals surface area contributed by atoms with Gasteiger partial charge in [-0.05, 0) is 68.6 Å². The van der Waals surface area contributed by atoms with Gasteiger partial charge in [0.05, 0.1) is 33.9 Å². The molecule has 0 aliphatic heterocycles. The molecular formula is C30H26ClFN4O5S. The van der Waals surface area contributed by atoms with Gasteiger partial charge in [0.25, 0.3) is 0 Å². The lowest BCUT2D eigenvalue weighted by Gasteiger charge is -2.17. The van der Waals surface area contributed by atoms with Gasteiger partial charge in [0, 0.05) is 22.3 Å². The number of rotatable bonds is 10. The number of hydrogen-bond acceptors (Lipinski definition) is 9. The minimum Gasteiger partial charge on any atom is -0.485 e. The van der Waals surface area contributed by atoms with Crippen LogP contribution in [0, 0.1) is 12.7 Å². The molecule has 0 amide bonds. The Balaban J connectivity index is 1.45. The first-order chi connectivity index (χ1) is 20.2. The summed E-state index contributed by atoms with van der Waals surface area (Å²) < 4.78 is 32.3. The fourth-order valence-electron chi connectivity index (χ4n) is 4.17. The second kappa shape index (κ2) is 12.6. The number of aromatic nitrogens is 3. The van der Waals surface area contributed by atoms with E-state index < -0.39 is 17.5 Å². The summed E-state index contributed by atoms with van der Waals surface area (Å²) in [5.41, 5.74) is 2.40. The number of thiophene rings is 1. The summed E-state index contributed by atoms with van der Waals surface area (Å²) in [5, 5.41) is 5.53. The Morgan fingerprint density at radius 2 is 1.95 bits per heavy atom. The van der Waals surface area contributed by atoms with Gasteiger partial charge in [-0.15, -0.1) is 11.3 Å². The predicted octanol–water partition coefficient (Wildman–Crippen LogP) is 6.60. The summed E-state index contributed by atoms with van der Waals surface area (Å²) in [6, 6.07) is 14.9. The zero-order valence-electron chi connectivity index (χ0n) is 22.9. The standard InChI is InChI=1S/C30H26ClFN4O5S/c1-17(2)41-27(37)16-40-25-6-4-5-22(18(25)3)34-29-28-24(11-12-42-28)36(30(38)35-29)23-10-7-19(31)13-26(23)39-15-21-9-8-20(32)14-33-21/h4-14,17H,15-16H2,1-3H3,(H,34,35,38). The molecule has 5 rings (SSSR count). The van der Waals surface area contributed by atoms with Crippen LogP contribution in [-0.4, -0.2) is 33.2 Å². The maximum absolute atomic E-state index is 13.5. The molecule has 0 aliphatic rings. The molecule has 3 heterocycles. The van der Waals surface area contributed by atoms with E-state index in [9.17, 15) is 14.0 Å². The van der Waals surface area contributed by atoms with Crippen molar-refractivity contribution >= 4 is 50.6 Å². The summed E-state index contributed by atoms with van der Waals surface area (Å²) >= 11 is 7.67. The molecule has 0 radical (unpaired) electrons. The SMILES string of the molecule is Cc1c(Nc2nc(=O)n(-c3ccc(Cl)cc3OCc3ccc(F)cn3)c3ccsc23)cccc1OCC(=O)OC(C)C. The highest BCUT2D eigenvalue weighted by Crippen LogP contribution is 2.35. The molecule has 0 saturated carbocycles. The Morgan fingerprint density at radius 3 is 2.71 bits per heavy atom. The number of nitrogens with zero attached hydrogens (tertiary/aromatic N) is 3. The highest BCUT2D eigenvalue weighted by atomic mass is 35.5. The Morgan fingerprint density at radius 1 is 1.12 bits per heavy atom. The molecule has 0 saturated heterocycles. The summed E-state index contributed by atoms with van der Waals surface area (Å²) in [6.45, 7) is 5.19. The topological polar surface area (TPSA) is 105 Å². The van der Waals surface area contributed by atoms with E-state index in [4.69, 9.17) is 25.8 Å². The van der Waals surface area contributed by atoms with Crippen molar-refractivity contribution in [3.8, 4) is 17.2 Å². The van der Waals surface area contributed by atoms with Crippen LogP contribution >= 0.6 is 22.9 Å². The van der Waals surface area contributed by atoms with E-state index in [0.29, 0.717) is 44.9 Å². The second-order valence-corrected chi connectivity index (χ2v) is 10.8. The number of carbonyl (C=O) groups excluding carboxylic acids is 1. The van der Waals surface area contributed by atoms with Crippen molar-refractivity contribution in [1.29, 1.82) is 0 Å². The van der Waals surface area contributed by atoms with Crippen LogP contribution in [0.1, 0.15) is 25.1 Å². The smallest absolute Gasteiger partial charge is 0.354 e. The van der Waals surface area contributed by atoms with E-state index in [1.807, 2.05) is 24.4 Å². The lowest BCUT2D eigenvalue weighted by atomic mass is 10.2. The van der Waals surface area contributed by atoms with Crippen LogP contribution in [0.25, 0.3) is 15.9 Å². The fraction of sp³-hybridized carbons (Fsp3) is 0.200. The molecule has 42 heavy (non-hydrogen) atoms. The molecule has 0 atom stereocenters. The van der Waals surface area contributed by atoms with Crippen molar-refractivity contribution < 1.29 is 23.4 Å². The Bertz CT molecular complexity index is 1810. The normalized spacial score (nSPS) is 11.1. The first kappa shape index (κ1) is 29.0. The number of carbonyl (C=O) groups is 1. The number of anilines is 2. The Hall–Kier alpha value is -4.48. The van der Waals surface area contributed by atoms with Gasteiger partial charge in [0.1, 0.15) is 23.9 Å². The van der Waals surface area contributed by atoms with E-state index in [-0.39, 0.29) is 19.3 Å². The number of pyridine rings is 1. The van der Waals surface area contributed by atoms with Crippen molar-refractivity contribution in [3.63, 3.8) is 0 Å². The average Bonchev–Trinajstić information content (AvgIpc) is 3.43.